The van der Waals surface area contributed by atoms with E-state index in [0.29, 0.717) is 28.0 Å². The number of hydrogen-bond donors (Lipinski definition) is 2. The Hall–Kier alpha value is -4.60. The molecule has 1 aromatic heterocycles. The van der Waals surface area contributed by atoms with Crippen molar-refractivity contribution in [2.75, 3.05) is 31.6 Å². The second-order valence-corrected chi connectivity index (χ2v) is 13.2. The molecule has 0 radical (unpaired) electrons. The molecule has 228 valence electrons. The molecule has 0 aliphatic heterocycles. The van der Waals surface area contributed by atoms with Gasteiger partial charge in [0.25, 0.3) is 10.0 Å². The maximum Gasteiger partial charge on any atom is 0.324 e. The summed E-state index contributed by atoms with van der Waals surface area (Å²) in [6.07, 6.45) is 1.60. The van der Waals surface area contributed by atoms with Crippen LogP contribution in [0, 0.1) is 0 Å². The summed E-state index contributed by atoms with van der Waals surface area (Å²) in [5.74, 6) is -1.95. The Morgan fingerprint density at radius 3 is 1.77 bits per heavy atom. The van der Waals surface area contributed by atoms with Crippen molar-refractivity contribution in [1.29, 1.82) is 0 Å². The number of ether oxygens (including phenoxy) is 2. The van der Waals surface area contributed by atoms with E-state index in [1.807, 2.05) is 0 Å². The highest BCUT2D eigenvalue weighted by Gasteiger charge is 2.30. The zero-order valence-corrected chi connectivity index (χ0v) is 25.0. The number of carboxylic acid groups (broad SMARTS) is 2. The summed E-state index contributed by atoms with van der Waals surface area (Å²) in [7, 11) is -4.11. The molecule has 0 saturated carbocycles. The standard InChI is InChI=1S/C28H29N3O10S2/c1-29-15-19(16-30(17-27(32)33)42(36,37)23-9-5-21(40-2)6-10-23)25-14-20(4-13-26(25)29)31(18-28(34)35)43(38,39)24-11-7-22(41-3)8-12-24/h4-15H,16-18H2,1-3H3,(H,32,33)(H,34,35). The third-order valence-corrected chi connectivity index (χ3v) is 10.2. The van der Waals surface area contributed by atoms with Gasteiger partial charge in [-0.1, -0.05) is 0 Å². The van der Waals surface area contributed by atoms with E-state index in [0.717, 1.165) is 8.61 Å². The number of anilines is 1. The van der Waals surface area contributed by atoms with Crippen molar-refractivity contribution in [3.05, 3.63) is 78.5 Å². The van der Waals surface area contributed by atoms with E-state index in [1.165, 1.54) is 74.9 Å². The van der Waals surface area contributed by atoms with E-state index < -0.39 is 45.1 Å². The molecule has 3 aromatic carbocycles. The van der Waals surface area contributed by atoms with Crippen LogP contribution in [-0.4, -0.2) is 75.2 Å². The highest BCUT2D eigenvalue weighted by atomic mass is 32.2. The average molecular weight is 632 g/mol. The number of carboxylic acids is 2. The van der Waals surface area contributed by atoms with Gasteiger partial charge in [-0.15, -0.1) is 0 Å². The normalized spacial score (nSPS) is 11.9. The van der Waals surface area contributed by atoms with Crippen LogP contribution < -0.4 is 13.8 Å². The minimum Gasteiger partial charge on any atom is -0.497 e. The lowest BCUT2D eigenvalue weighted by Gasteiger charge is -2.23. The summed E-state index contributed by atoms with van der Waals surface area (Å²) in [6.45, 7) is -2.11. The van der Waals surface area contributed by atoms with Crippen LogP contribution in [0.15, 0.2) is 82.7 Å². The minimum atomic E-state index is -4.36. The Morgan fingerprint density at radius 2 is 1.28 bits per heavy atom. The van der Waals surface area contributed by atoms with E-state index in [2.05, 4.69) is 0 Å². The molecule has 0 atom stereocenters. The number of sulfonamides is 2. The summed E-state index contributed by atoms with van der Waals surface area (Å²) >= 11 is 0. The Bertz CT molecular complexity index is 1870. The molecule has 0 aliphatic carbocycles. The quantitative estimate of drug-likeness (QED) is 0.223. The number of aliphatic carboxylic acids is 2. The molecule has 0 aliphatic rings. The van der Waals surface area contributed by atoms with Crippen LogP contribution in [0.2, 0.25) is 0 Å². The molecule has 2 N–H and O–H groups in total. The van der Waals surface area contributed by atoms with Crippen LogP contribution in [-0.2, 0) is 43.2 Å². The van der Waals surface area contributed by atoms with Gasteiger partial charge in [0, 0.05) is 30.7 Å². The van der Waals surface area contributed by atoms with E-state index in [4.69, 9.17) is 9.47 Å². The second-order valence-electron chi connectivity index (χ2n) is 9.39. The molecule has 0 spiro atoms. The minimum absolute atomic E-state index is 0.0148. The van der Waals surface area contributed by atoms with Crippen molar-refractivity contribution in [1.82, 2.24) is 8.87 Å². The van der Waals surface area contributed by atoms with Gasteiger partial charge in [0.2, 0.25) is 10.0 Å². The number of aryl methyl sites for hydroxylation is 1. The molecule has 4 aromatic rings. The number of nitrogens with zero attached hydrogens (tertiary/aromatic N) is 3. The van der Waals surface area contributed by atoms with Crippen LogP contribution in [0.1, 0.15) is 5.56 Å². The molecule has 0 fully saturated rings. The zero-order valence-electron chi connectivity index (χ0n) is 23.4. The number of aromatic nitrogens is 1. The molecular formula is C28H29N3O10S2. The van der Waals surface area contributed by atoms with Gasteiger partial charge in [0.05, 0.1) is 29.7 Å². The predicted octanol–water partition coefficient (Wildman–Crippen LogP) is 2.75. The number of methoxy groups -OCH3 is 2. The Morgan fingerprint density at radius 1 is 0.767 bits per heavy atom. The Kier molecular flexibility index (Phi) is 8.98. The fourth-order valence-electron chi connectivity index (χ4n) is 4.52. The molecule has 43 heavy (non-hydrogen) atoms. The van der Waals surface area contributed by atoms with Crippen molar-refractivity contribution in [2.45, 2.75) is 16.3 Å². The molecule has 0 bridgehead atoms. The fourth-order valence-corrected chi connectivity index (χ4v) is 7.29. The third-order valence-electron chi connectivity index (χ3n) is 6.63. The molecule has 13 nitrogen and oxygen atoms in total. The summed E-state index contributed by atoms with van der Waals surface area (Å²) in [6, 6.07) is 15.4. The van der Waals surface area contributed by atoms with Crippen molar-refractivity contribution in [3.8, 4) is 11.5 Å². The average Bonchev–Trinajstić information content (AvgIpc) is 3.29. The van der Waals surface area contributed by atoms with E-state index in [1.54, 1.807) is 23.9 Å². The fraction of sp³-hybridized carbons (Fsp3) is 0.214. The van der Waals surface area contributed by atoms with E-state index in [-0.39, 0.29) is 22.0 Å². The van der Waals surface area contributed by atoms with Gasteiger partial charge in [-0.3, -0.25) is 13.9 Å². The third kappa shape index (κ3) is 6.58. The monoisotopic (exact) mass is 631 g/mol. The molecule has 1 heterocycles. The first-order valence-electron chi connectivity index (χ1n) is 12.6. The molecular weight excluding hydrogens is 602 g/mol. The first kappa shape index (κ1) is 31.3. The summed E-state index contributed by atoms with van der Waals surface area (Å²) in [4.78, 5) is 23.2. The van der Waals surface area contributed by atoms with Crippen molar-refractivity contribution in [2.24, 2.45) is 7.05 Å². The van der Waals surface area contributed by atoms with Crippen molar-refractivity contribution in [3.63, 3.8) is 0 Å². The SMILES string of the molecule is COc1ccc(S(=O)(=O)N(CC(=O)O)Cc2cn(C)c3ccc(N(CC(=O)O)S(=O)(=O)c4ccc(OC)cc4)cc23)cc1. The topological polar surface area (TPSA) is 173 Å². The summed E-state index contributed by atoms with van der Waals surface area (Å²) in [5, 5.41) is 19.5. The van der Waals surface area contributed by atoms with Gasteiger partial charge in [0.1, 0.15) is 24.6 Å². The van der Waals surface area contributed by atoms with Crippen LogP contribution in [0.3, 0.4) is 0 Å². The largest absolute Gasteiger partial charge is 0.497 e. The maximum atomic E-state index is 13.6. The zero-order chi connectivity index (χ0) is 31.5. The highest BCUT2D eigenvalue weighted by molar-refractivity contribution is 7.92. The van der Waals surface area contributed by atoms with Gasteiger partial charge < -0.3 is 24.3 Å². The van der Waals surface area contributed by atoms with Crippen molar-refractivity contribution < 1.29 is 46.1 Å². The molecule has 0 amide bonds. The first-order chi connectivity index (χ1) is 20.3. The van der Waals surface area contributed by atoms with Gasteiger partial charge in [-0.25, -0.2) is 16.8 Å². The number of fused-ring (bicyclic) bond motifs is 1. The van der Waals surface area contributed by atoms with E-state index in [9.17, 15) is 36.6 Å². The molecule has 0 unspecified atom stereocenters. The number of rotatable bonds is 13. The number of carbonyl (C=O) groups is 2. The maximum absolute atomic E-state index is 13.6. The van der Waals surface area contributed by atoms with Gasteiger partial charge in [-0.05, 0) is 72.3 Å². The van der Waals surface area contributed by atoms with Crippen LogP contribution >= 0.6 is 0 Å². The van der Waals surface area contributed by atoms with Gasteiger partial charge in [0.15, 0.2) is 0 Å². The summed E-state index contributed by atoms with van der Waals surface area (Å²) < 4.78 is 67.5. The highest BCUT2D eigenvalue weighted by Crippen LogP contribution is 2.32. The van der Waals surface area contributed by atoms with Crippen LogP contribution in [0.4, 0.5) is 5.69 Å². The van der Waals surface area contributed by atoms with Crippen molar-refractivity contribution >= 4 is 48.6 Å². The van der Waals surface area contributed by atoms with Crippen LogP contribution in [0.5, 0.6) is 11.5 Å². The lowest BCUT2D eigenvalue weighted by molar-refractivity contribution is -0.137. The molecule has 15 heteroatoms. The Balaban J connectivity index is 1.80. The summed E-state index contributed by atoms with van der Waals surface area (Å²) in [5.41, 5.74) is 0.962. The second kappa shape index (κ2) is 12.3. The van der Waals surface area contributed by atoms with Crippen LogP contribution in [0.25, 0.3) is 10.9 Å². The lowest BCUT2D eigenvalue weighted by atomic mass is 10.1. The molecule has 0 saturated heterocycles. The number of benzene rings is 3. The number of hydrogen-bond acceptors (Lipinski definition) is 8. The van der Waals surface area contributed by atoms with Gasteiger partial charge in [-0.2, -0.15) is 4.31 Å². The van der Waals surface area contributed by atoms with Gasteiger partial charge >= 0.3 is 11.9 Å². The Labute approximate surface area is 248 Å². The van der Waals surface area contributed by atoms with E-state index >= 15 is 0 Å². The smallest absolute Gasteiger partial charge is 0.324 e. The first-order valence-corrected chi connectivity index (χ1v) is 15.5. The predicted molar refractivity (Wildman–Crippen MR) is 156 cm³/mol. The molecule has 4 rings (SSSR count). The lowest BCUT2D eigenvalue weighted by Crippen LogP contribution is -2.36.